The van der Waals surface area contributed by atoms with Gasteiger partial charge in [0, 0.05) is 31.1 Å². The van der Waals surface area contributed by atoms with Crippen LogP contribution in [0.25, 0.3) is 0 Å². The van der Waals surface area contributed by atoms with E-state index in [1.165, 1.54) is 6.07 Å². The molecule has 5 heteroatoms. The van der Waals surface area contributed by atoms with Gasteiger partial charge >= 0.3 is 0 Å². The van der Waals surface area contributed by atoms with Gasteiger partial charge in [-0.1, -0.05) is 38.4 Å². The van der Waals surface area contributed by atoms with E-state index in [1.807, 2.05) is 18.7 Å². The van der Waals surface area contributed by atoms with E-state index in [2.05, 4.69) is 19.2 Å². The Balaban J connectivity index is 1.96. The number of carbonyl (C=O) groups is 1. The van der Waals surface area contributed by atoms with Gasteiger partial charge in [0.05, 0.1) is 5.02 Å². The quantitative estimate of drug-likeness (QED) is 0.897. The molecule has 128 valence electrons. The molecule has 2 rings (SSSR count). The Labute approximate surface area is 143 Å². The Kier molecular flexibility index (Phi) is 6.04. The summed E-state index contributed by atoms with van der Waals surface area (Å²) >= 11 is 5.87. The molecule has 3 nitrogen and oxygen atoms in total. The van der Waals surface area contributed by atoms with E-state index in [4.69, 9.17) is 11.6 Å². The number of rotatable bonds is 4. The van der Waals surface area contributed by atoms with Crippen LogP contribution in [0.5, 0.6) is 0 Å². The van der Waals surface area contributed by atoms with Crippen molar-refractivity contribution in [2.24, 2.45) is 11.8 Å². The van der Waals surface area contributed by atoms with Crippen LogP contribution >= 0.6 is 11.6 Å². The zero-order valence-electron chi connectivity index (χ0n) is 14.3. The fourth-order valence-corrected chi connectivity index (χ4v) is 3.35. The van der Waals surface area contributed by atoms with Crippen LogP contribution in [-0.2, 0) is 4.79 Å². The molecule has 0 unspecified atom stereocenters. The largest absolute Gasteiger partial charge is 0.342 e. The van der Waals surface area contributed by atoms with E-state index in [0.29, 0.717) is 12.0 Å². The number of carbonyl (C=O) groups excluding carboxylic acids is 1. The van der Waals surface area contributed by atoms with Gasteiger partial charge in [-0.05, 0) is 37.0 Å². The van der Waals surface area contributed by atoms with E-state index in [9.17, 15) is 9.18 Å². The first-order valence-corrected chi connectivity index (χ1v) is 8.67. The Morgan fingerprint density at radius 3 is 2.65 bits per heavy atom. The summed E-state index contributed by atoms with van der Waals surface area (Å²) in [5.74, 6) is 0.266. The molecule has 1 amide bonds. The van der Waals surface area contributed by atoms with Crippen molar-refractivity contribution in [1.29, 1.82) is 0 Å². The molecule has 1 N–H and O–H groups in total. The lowest BCUT2D eigenvalue weighted by molar-refractivity contribution is -0.136. The van der Waals surface area contributed by atoms with Crippen LogP contribution in [0.15, 0.2) is 18.2 Å². The van der Waals surface area contributed by atoms with Gasteiger partial charge in [-0.2, -0.15) is 0 Å². The normalized spacial score (nSPS) is 23.2. The summed E-state index contributed by atoms with van der Waals surface area (Å²) in [6.45, 7) is 9.68. The number of hydrogen-bond donors (Lipinski definition) is 1. The summed E-state index contributed by atoms with van der Waals surface area (Å²) in [5, 5.41) is 3.76. The van der Waals surface area contributed by atoms with Gasteiger partial charge < -0.3 is 10.2 Å². The number of amides is 1. The second-order valence-corrected chi connectivity index (χ2v) is 7.28. The highest BCUT2D eigenvalue weighted by molar-refractivity contribution is 6.30. The molecule has 23 heavy (non-hydrogen) atoms. The Bertz CT molecular complexity index is 564. The van der Waals surface area contributed by atoms with Crippen molar-refractivity contribution >= 4 is 17.5 Å². The Morgan fingerprint density at radius 2 is 2.09 bits per heavy atom. The van der Waals surface area contributed by atoms with Crippen molar-refractivity contribution in [3.63, 3.8) is 0 Å². The van der Waals surface area contributed by atoms with Crippen molar-refractivity contribution in [3.8, 4) is 0 Å². The van der Waals surface area contributed by atoms with Crippen LogP contribution in [0.4, 0.5) is 4.39 Å². The predicted octanol–water partition coefficient (Wildman–Crippen LogP) is 4.02. The van der Waals surface area contributed by atoms with Crippen LogP contribution in [0.1, 0.15) is 45.7 Å². The predicted molar refractivity (Wildman–Crippen MR) is 91.9 cm³/mol. The maximum Gasteiger partial charge on any atom is 0.225 e. The smallest absolute Gasteiger partial charge is 0.225 e. The van der Waals surface area contributed by atoms with Crippen LogP contribution in [0.2, 0.25) is 5.02 Å². The standard InChI is InChI=1S/C18H26ClFN2O/c1-11(2)18(23)22-8-7-17(12(3)10-22)21-13(4)14-5-6-16(20)15(19)9-14/h5-6,9,11-13,17,21H,7-8,10H2,1-4H3/t12-,13+,17+/m1/s1. The van der Waals surface area contributed by atoms with Crippen molar-refractivity contribution in [2.75, 3.05) is 13.1 Å². The molecular formula is C18H26ClFN2O. The van der Waals surface area contributed by atoms with Gasteiger partial charge in [0.1, 0.15) is 5.82 Å². The van der Waals surface area contributed by atoms with Crippen molar-refractivity contribution in [1.82, 2.24) is 10.2 Å². The third kappa shape index (κ3) is 4.45. The number of likely N-dealkylation sites (tertiary alicyclic amines) is 1. The molecule has 1 aliphatic rings. The molecule has 0 aromatic heterocycles. The zero-order valence-corrected chi connectivity index (χ0v) is 15.0. The second kappa shape index (κ2) is 7.63. The molecule has 1 fully saturated rings. The summed E-state index contributed by atoms with van der Waals surface area (Å²) in [7, 11) is 0. The first-order valence-electron chi connectivity index (χ1n) is 8.29. The summed E-state index contributed by atoms with van der Waals surface area (Å²) in [4.78, 5) is 14.1. The van der Waals surface area contributed by atoms with Gasteiger partial charge in [-0.3, -0.25) is 4.79 Å². The van der Waals surface area contributed by atoms with Gasteiger partial charge in [0.15, 0.2) is 0 Å². The highest BCUT2D eigenvalue weighted by Crippen LogP contribution is 2.24. The average Bonchev–Trinajstić information content (AvgIpc) is 2.51. The second-order valence-electron chi connectivity index (χ2n) is 6.87. The lowest BCUT2D eigenvalue weighted by Crippen LogP contribution is -2.51. The minimum absolute atomic E-state index is 0.0481. The third-order valence-corrected chi connectivity index (χ3v) is 4.91. The highest BCUT2D eigenvalue weighted by atomic mass is 35.5. The van der Waals surface area contributed by atoms with Crippen molar-refractivity contribution < 1.29 is 9.18 Å². The van der Waals surface area contributed by atoms with Crippen LogP contribution in [0, 0.1) is 17.7 Å². The number of nitrogens with zero attached hydrogens (tertiary/aromatic N) is 1. The molecule has 0 radical (unpaired) electrons. The van der Waals surface area contributed by atoms with E-state index in [-0.39, 0.29) is 22.9 Å². The molecule has 1 aromatic carbocycles. The first-order chi connectivity index (χ1) is 10.8. The molecule has 0 spiro atoms. The molecule has 1 aliphatic heterocycles. The minimum Gasteiger partial charge on any atom is -0.342 e. The monoisotopic (exact) mass is 340 g/mol. The summed E-state index contributed by atoms with van der Waals surface area (Å²) in [6, 6.07) is 5.28. The Hall–Kier alpha value is -1.13. The van der Waals surface area contributed by atoms with Gasteiger partial charge in [-0.15, -0.1) is 0 Å². The van der Waals surface area contributed by atoms with Crippen LogP contribution in [0.3, 0.4) is 0 Å². The van der Waals surface area contributed by atoms with Gasteiger partial charge in [0.2, 0.25) is 5.91 Å². The number of halogens is 2. The molecule has 1 aromatic rings. The molecular weight excluding hydrogens is 315 g/mol. The molecule has 0 saturated carbocycles. The van der Waals surface area contributed by atoms with Crippen LogP contribution in [-0.4, -0.2) is 29.9 Å². The van der Waals surface area contributed by atoms with E-state index < -0.39 is 5.82 Å². The fourth-order valence-electron chi connectivity index (χ4n) is 3.16. The summed E-state index contributed by atoms with van der Waals surface area (Å²) < 4.78 is 13.3. The topological polar surface area (TPSA) is 32.3 Å². The molecule has 3 atom stereocenters. The Morgan fingerprint density at radius 1 is 1.39 bits per heavy atom. The minimum atomic E-state index is -0.392. The maximum atomic E-state index is 13.3. The number of benzene rings is 1. The zero-order chi connectivity index (χ0) is 17.1. The van der Waals surface area contributed by atoms with Crippen molar-refractivity contribution in [2.45, 2.75) is 46.2 Å². The lowest BCUT2D eigenvalue weighted by Gasteiger charge is -2.39. The third-order valence-electron chi connectivity index (χ3n) is 4.62. The molecule has 1 heterocycles. The number of hydrogen-bond acceptors (Lipinski definition) is 2. The lowest BCUT2D eigenvalue weighted by atomic mass is 9.91. The summed E-state index contributed by atoms with van der Waals surface area (Å²) in [5.41, 5.74) is 0.976. The summed E-state index contributed by atoms with van der Waals surface area (Å²) in [6.07, 6.45) is 0.929. The number of nitrogens with one attached hydrogen (secondary N) is 1. The van der Waals surface area contributed by atoms with Gasteiger partial charge in [-0.25, -0.2) is 4.39 Å². The van der Waals surface area contributed by atoms with E-state index >= 15 is 0 Å². The van der Waals surface area contributed by atoms with E-state index in [0.717, 1.165) is 25.1 Å². The number of piperidine rings is 1. The maximum absolute atomic E-state index is 13.3. The van der Waals surface area contributed by atoms with Crippen LogP contribution < -0.4 is 5.32 Å². The highest BCUT2D eigenvalue weighted by Gasteiger charge is 2.30. The van der Waals surface area contributed by atoms with Gasteiger partial charge in [0.25, 0.3) is 0 Å². The SMILES string of the molecule is CC(C)C(=O)N1CC[C@H](N[C@@H](C)c2ccc(F)c(Cl)c2)[C@H](C)C1. The first kappa shape index (κ1) is 18.2. The fraction of sp³-hybridized carbons (Fsp3) is 0.611. The molecule has 1 saturated heterocycles. The van der Waals surface area contributed by atoms with Crippen molar-refractivity contribution in [3.05, 3.63) is 34.6 Å². The van der Waals surface area contributed by atoms with E-state index in [1.54, 1.807) is 12.1 Å². The molecule has 0 aliphatic carbocycles. The molecule has 0 bridgehead atoms. The average molecular weight is 341 g/mol.